The predicted octanol–water partition coefficient (Wildman–Crippen LogP) is 0.856. The third kappa shape index (κ3) is 5.33. The van der Waals surface area contributed by atoms with E-state index in [4.69, 9.17) is 5.84 Å². The van der Waals surface area contributed by atoms with E-state index in [1.807, 2.05) is 19.0 Å². The molecule has 1 amide bonds. The lowest BCUT2D eigenvalue weighted by Gasteiger charge is -2.03. The lowest BCUT2D eigenvalue weighted by molar-refractivity contribution is -0.121. The number of nitrogens with one attached hydrogen (secondary N) is 1. The van der Waals surface area contributed by atoms with Gasteiger partial charge in [0, 0.05) is 26.3 Å². The van der Waals surface area contributed by atoms with Crippen LogP contribution >= 0.6 is 23.1 Å². The van der Waals surface area contributed by atoms with E-state index in [0.29, 0.717) is 6.42 Å². The van der Waals surface area contributed by atoms with E-state index in [-0.39, 0.29) is 5.91 Å². The van der Waals surface area contributed by atoms with Crippen LogP contribution in [0, 0.1) is 0 Å². The molecule has 0 aliphatic rings. The Morgan fingerprint density at radius 3 is 2.82 bits per heavy atom. The van der Waals surface area contributed by atoms with Crippen LogP contribution < -0.4 is 16.2 Å². The van der Waals surface area contributed by atoms with Crippen LogP contribution in [-0.2, 0) is 4.79 Å². The SMILES string of the molecule is CN(C)c1nnc(SCCCCC(=O)NN)s1. The van der Waals surface area contributed by atoms with Crippen LogP contribution in [0.2, 0.25) is 0 Å². The topological polar surface area (TPSA) is 84.1 Å². The van der Waals surface area contributed by atoms with E-state index >= 15 is 0 Å². The Hall–Kier alpha value is -0.860. The molecule has 8 heteroatoms. The fourth-order valence-electron chi connectivity index (χ4n) is 1.06. The Balaban J connectivity index is 2.15. The first-order valence-electron chi connectivity index (χ1n) is 5.26. The number of carbonyl (C=O) groups is 1. The lowest BCUT2D eigenvalue weighted by Crippen LogP contribution is -2.29. The summed E-state index contributed by atoms with van der Waals surface area (Å²) in [5.41, 5.74) is 2.12. The van der Waals surface area contributed by atoms with E-state index in [1.165, 1.54) is 0 Å². The normalized spacial score (nSPS) is 10.3. The maximum Gasteiger partial charge on any atom is 0.233 e. The summed E-state index contributed by atoms with van der Waals surface area (Å²) in [5, 5.41) is 9.04. The molecule has 1 aromatic rings. The van der Waals surface area contributed by atoms with E-state index in [1.54, 1.807) is 23.1 Å². The van der Waals surface area contributed by atoms with E-state index in [9.17, 15) is 4.79 Å². The maximum absolute atomic E-state index is 10.9. The van der Waals surface area contributed by atoms with Crippen molar-refractivity contribution >= 4 is 34.1 Å². The van der Waals surface area contributed by atoms with Crippen LogP contribution in [0.25, 0.3) is 0 Å². The van der Waals surface area contributed by atoms with Gasteiger partial charge in [-0.15, -0.1) is 10.2 Å². The molecule has 0 fully saturated rings. The number of carbonyl (C=O) groups excluding carboxylic acids is 1. The number of unbranched alkanes of at least 4 members (excludes halogenated alkanes) is 1. The van der Waals surface area contributed by atoms with Crippen molar-refractivity contribution in [2.45, 2.75) is 23.6 Å². The van der Waals surface area contributed by atoms with Crippen molar-refractivity contribution < 1.29 is 4.79 Å². The van der Waals surface area contributed by atoms with Gasteiger partial charge in [0.2, 0.25) is 11.0 Å². The van der Waals surface area contributed by atoms with Gasteiger partial charge in [-0.3, -0.25) is 10.2 Å². The number of rotatable bonds is 7. The highest BCUT2D eigenvalue weighted by Gasteiger charge is 2.06. The number of thioether (sulfide) groups is 1. The number of amides is 1. The smallest absolute Gasteiger partial charge is 0.233 e. The molecule has 0 bridgehead atoms. The number of nitrogens with two attached hydrogens (primary N) is 1. The minimum absolute atomic E-state index is 0.110. The Bertz CT molecular complexity index is 355. The van der Waals surface area contributed by atoms with Crippen LogP contribution in [0.15, 0.2) is 4.34 Å². The monoisotopic (exact) mass is 275 g/mol. The zero-order valence-electron chi connectivity index (χ0n) is 9.97. The lowest BCUT2D eigenvalue weighted by atomic mass is 10.2. The summed E-state index contributed by atoms with van der Waals surface area (Å²) in [4.78, 5) is 12.8. The van der Waals surface area contributed by atoms with Gasteiger partial charge >= 0.3 is 0 Å². The van der Waals surface area contributed by atoms with Gasteiger partial charge in [-0.25, -0.2) is 5.84 Å². The number of hydrogen-bond acceptors (Lipinski definition) is 7. The molecule has 1 heterocycles. The average molecular weight is 275 g/mol. The minimum Gasteiger partial charge on any atom is -0.353 e. The quantitative estimate of drug-likeness (QED) is 0.252. The van der Waals surface area contributed by atoms with Crippen molar-refractivity contribution in [2.75, 3.05) is 24.7 Å². The molecule has 0 unspecified atom stereocenters. The number of hydrazine groups is 1. The summed E-state index contributed by atoms with van der Waals surface area (Å²) in [7, 11) is 3.89. The molecule has 96 valence electrons. The third-order valence-corrected chi connectivity index (χ3v) is 4.27. The Morgan fingerprint density at radius 1 is 1.47 bits per heavy atom. The third-order valence-electron chi connectivity index (χ3n) is 1.96. The van der Waals surface area contributed by atoms with Gasteiger partial charge in [-0.05, 0) is 12.8 Å². The molecular formula is C9H17N5OS2. The van der Waals surface area contributed by atoms with Crippen molar-refractivity contribution in [3.63, 3.8) is 0 Å². The van der Waals surface area contributed by atoms with Crippen LogP contribution in [0.1, 0.15) is 19.3 Å². The van der Waals surface area contributed by atoms with Crippen molar-refractivity contribution in [2.24, 2.45) is 5.84 Å². The van der Waals surface area contributed by atoms with Gasteiger partial charge in [-0.1, -0.05) is 23.1 Å². The first-order chi connectivity index (χ1) is 8.13. The van der Waals surface area contributed by atoms with Crippen LogP contribution in [-0.4, -0.2) is 36.0 Å². The first-order valence-corrected chi connectivity index (χ1v) is 7.06. The number of hydrogen-bond donors (Lipinski definition) is 2. The van der Waals surface area contributed by atoms with Crippen molar-refractivity contribution in [1.29, 1.82) is 0 Å². The molecule has 0 radical (unpaired) electrons. The van der Waals surface area contributed by atoms with E-state index < -0.39 is 0 Å². The molecule has 0 atom stereocenters. The van der Waals surface area contributed by atoms with Gasteiger partial charge in [0.1, 0.15) is 0 Å². The van der Waals surface area contributed by atoms with Crippen LogP contribution in [0.3, 0.4) is 0 Å². The fourth-order valence-corrected chi connectivity index (χ4v) is 2.89. The van der Waals surface area contributed by atoms with Crippen molar-refractivity contribution in [3.05, 3.63) is 0 Å². The Labute approximate surface area is 109 Å². The average Bonchev–Trinajstić information content (AvgIpc) is 2.77. The Morgan fingerprint density at radius 2 is 2.24 bits per heavy atom. The summed E-state index contributed by atoms with van der Waals surface area (Å²) in [6.45, 7) is 0. The van der Waals surface area contributed by atoms with Crippen LogP contribution in [0.5, 0.6) is 0 Å². The van der Waals surface area contributed by atoms with Crippen molar-refractivity contribution in [3.8, 4) is 0 Å². The highest BCUT2D eigenvalue weighted by atomic mass is 32.2. The second-order valence-corrected chi connectivity index (χ2v) is 5.92. The number of anilines is 1. The van der Waals surface area contributed by atoms with Gasteiger partial charge in [-0.2, -0.15) is 0 Å². The zero-order chi connectivity index (χ0) is 12.7. The molecule has 0 aromatic carbocycles. The first kappa shape index (κ1) is 14.2. The van der Waals surface area contributed by atoms with Crippen molar-refractivity contribution in [1.82, 2.24) is 15.6 Å². The summed E-state index contributed by atoms with van der Waals surface area (Å²) in [6, 6.07) is 0. The molecule has 0 spiro atoms. The van der Waals surface area contributed by atoms with Gasteiger partial charge < -0.3 is 4.90 Å². The van der Waals surface area contributed by atoms with Crippen LogP contribution in [0.4, 0.5) is 5.13 Å². The highest BCUT2D eigenvalue weighted by Crippen LogP contribution is 2.27. The molecule has 0 saturated carbocycles. The van der Waals surface area contributed by atoms with E-state index in [0.717, 1.165) is 28.1 Å². The number of nitrogens with zero attached hydrogens (tertiary/aromatic N) is 3. The van der Waals surface area contributed by atoms with Gasteiger partial charge in [0.15, 0.2) is 4.34 Å². The van der Waals surface area contributed by atoms with E-state index in [2.05, 4.69) is 15.6 Å². The molecule has 0 aliphatic carbocycles. The molecular weight excluding hydrogens is 258 g/mol. The maximum atomic E-state index is 10.9. The summed E-state index contributed by atoms with van der Waals surface area (Å²) in [5.74, 6) is 5.82. The minimum atomic E-state index is -0.110. The molecule has 6 nitrogen and oxygen atoms in total. The second kappa shape index (κ2) is 7.46. The molecule has 17 heavy (non-hydrogen) atoms. The van der Waals surface area contributed by atoms with Gasteiger partial charge in [0.25, 0.3) is 0 Å². The second-order valence-electron chi connectivity index (χ2n) is 3.62. The molecule has 0 aliphatic heterocycles. The standard InChI is InChI=1S/C9H17N5OS2/c1-14(2)8-12-13-9(17-8)16-6-4-3-5-7(15)11-10/h3-6,10H2,1-2H3,(H,11,15). The highest BCUT2D eigenvalue weighted by molar-refractivity contribution is 8.01. The largest absolute Gasteiger partial charge is 0.353 e. The number of aromatic nitrogens is 2. The zero-order valence-corrected chi connectivity index (χ0v) is 11.6. The molecule has 1 aromatic heterocycles. The Kier molecular flexibility index (Phi) is 6.23. The molecule has 0 saturated heterocycles. The molecule has 3 N–H and O–H groups in total. The summed E-state index contributed by atoms with van der Waals surface area (Å²) >= 11 is 3.25. The predicted molar refractivity (Wildman–Crippen MR) is 71.1 cm³/mol. The summed E-state index contributed by atoms with van der Waals surface area (Å²) < 4.78 is 0.969. The molecule has 1 rings (SSSR count). The fraction of sp³-hybridized carbons (Fsp3) is 0.667. The summed E-state index contributed by atoms with van der Waals surface area (Å²) in [6.07, 6.45) is 2.29. The van der Waals surface area contributed by atoms with Gasteiger partial charge in [0.05, 0.1) is 0 Å².